The van der Waals surface area contributed by atoms with Crippen molar-refractivity contribution in [2.75, 3.05) is 0 Å². The molecule has 0 atom stereocenters. The summed E-state index contributed by atoms with van der Waals surface area (Å²) in [6.45, 7) is 3.73. The second-order valence-electron chi connectivity index (χ2n) is 7.49. The molecule has 0 aliphatic heterocycles. The Morgan fingerprint density at radius 2 is 1.76 bits per heavy atom. The SMILES string of the molecule is Cc1cc(/C=N/NS(=O)(=O)c2ccc3ccccc3c2)c(C)n1-c1ccc(C(=O)O)c(Cl)c1. The summed E-state index contributed by atoms with van der Waals surface area (Å²) in [5, 5.41) is 15.0. The molecular weight excluding hydrogens is 462 g/mol. The van der Waals surface area contributed by atoms with Crippen LogP contribution in [0.2, 0.25) is 5.02 Å². The fourth-order valence-corrected chi connectivity index (χ4v) is 4.77. The first kappa shape index (κ1) is 22.6. The van der Waals surface area contributed by atoms with Gasteiger partial charge in [0, 0.05) is 22.6 Å². The molecule has 0 fully saturated rings. The van der Waals surface area contributed by atoms with Crippen LogP contribution in [0.1, 0.15) is 27.3 Å². The first-order chi connectivity index (χ1) is 15.7. The molecule has 0 aliphatic carbocycles. The van der Waals surface area contributed by atoms with Gasteiger partial charge in [-0.2, -0.15) is 13.5 Å². The predicted molar refractivity (Wildman–Crippen MR) is 129 cm³/mol. The van der Waals surface area contributed by atoms with Gasteiger partial charge in [0.05, 0.1) is 21.7 Å². The Balaban J connectivity index is 1.59. The molecule has 0 saturated heterocycles. The molecule has 2 N–H and O–H groups in total. The highest BCUT2D eigenvalue weighted by Gasteiger charge is 2.15. The Labute approximate surface area is 196 Å². The molecule has 1 aromatic heterocycles. The largest absolute Gasteiger partial charge is 0.478 e. The minimum Gasteiger partial charge on any atom is -0.478 e. The zero-order valence-corrected chi connectivity index (χ0v) is 19.4. The van der Waals surface area contributed by atoms with E-state index < -0.39 is 16.0 Å². The lowest BCUT2D eigenvalue weighted by Crippen LogP contribution is -2.18. The van der Waals surface area contributed by atoms with E-state index >= 15 is 0 Å². The van der Waals surface area contributed by atoms with Gasteiger partial charge in [-0.25, -0.2) is 9.63 Å². The van der Waals surface area contributed by atoms with Gasteiger partial charge in [-0.15, -0.1) is 0 Å². The lowest BCUT2D eigenvalue weighted by Gasteiger charge is -2.11. The van der Waals surface area contributed by atoms with Crippen molar-refractivity contribution in [1.82, 2.24) is 9.40 Å². The second-order valence-corrected chi connectivity index (χ2v) is 9.56. The highest BCUT2D eigenvalue weighted by molar-refractivity contribution is 7.89. The van der Waals surface area contributed by atoms with Crippen LogP contribution in [0.3, 0.4) is 0 Å². The minimum absolute atomic E-state index is 0.0211. The summed E-state index contributed by atoms with van der Waals surface area (Å²) in [4.78, 5) is 13.6. The maximum absolute atomic E-state index is 12.7. The number of carbonyl (C=O) groups is 1. The second kappa shape index (κ2) is 8.73. The summed E-state index contributed by atoms with van der Waals surface area (Å²) in [7, 11) is -3.84. The van der Waals surface area contributed by atoms with E-state index in [0.29, 0.717) is 11.3 Å². The molecule has 33 heavy (non-hydrogen) atoms. The number of aryl methyl sites for hydroxylation is 1. The van der Waals surface area contributed by atoms with Crippen molar-refractivity contribution in [3.8, 4) is 5.69 Å². The molecule has 0 saturated carbocycles. The van der Waals surface area contributed by atoms with Gasteiger partial charge in [-0.1, -0.05) is 41.9 Å². The zero-order valence-electron chi connectivity index (χ0n) is 17.8. The van der Waals surface area contributed by atoms with Gasteiger partial charge in [0.25, 0.3) is 10.0 Å². The van der Waals surface area contributed by atoms with Crippen LogP contribution in [0.5, 0.6) is 0 Å². The molecule has 0 aliphatic rings. The van der Waals surface area contributed by atoms with Gasteiger partial charge >= 0.3 is 5.97 Å². The summed E-state index contributed by atoms with van der Waals surface area (Å²) >= 11 is 6.12. The van der Waals surface area contributed by atoms with Gasteiger partial charge in [-0.05, 0) is 61.0 Å². The zero-order chi connectivity index (χ0) is 23.8. The highest BCUT2D eigenvalue weighted by Crippen LogP contribution is 2.25. The molecule has 0 amide bonds. The summed E-state index contributed by atoms with van der Waals surface area (Å²) in [5.41, 5.74) is 3.06. The smallest absolute Gasteiger partial charge is 0.337 e. The number of hydrogen-bond acceptors (Lipinski definition) is 4. The highest BCUT2D eigenvalue weighted by atomic mass is 35.5. The Morgan fingerprint density at radius 1 is 1.03 bits per heavy atom. The van der Waals surface area contributed by atoms with Crippen LogP contribution >= 0.6 is 11.6 Å². The van der Waals surface area contributed by atoms with E-state index in [2.05, 4.69) is 9.93 Å². The van der Waals surface area contributed by atoms with Crippen LogP contribution in [0.25, 0.3) is 16.5 Å². The van der Waals surface area contributed by atoms with Gasteiger partial charge in [0.1, 0.15) is 0 Å². The van der Waals surface area contributed by atoms with Gasteiger partial charge in [0.2, 0.25) is 0 Å². The monoisotopic (exact) mass is 481 g/mol. The quantitative estimate of drug-likeness (QED) is 0.302. The van der Waals surface area contributed by atoms with E-state index in [-0.39, 0.29) is 15.5 Å². The number of benzene rings is 3. The normalized spacial score (nSPS) is 11.8. The molecular formula is C24H20ClN3O4S. The number of fused-ring (bicyclic) bond motifs is 1. The van der Waals surface area contributed by atoms with Gasteiger partial charge in [0.15, 0.2) is 0 Å². The fraction of sp³-hybridized carbons (Fsp3) is 0.0833. The van der Waals surface area contributed by atoms with Crippen molar-refractivity contribution in [2.45, 2.75) is 18.7 Å². The summed E-state index contributed by atoms with van der Waals surface area (Å²) in [5.74, 6) is -1.10. The third-order valence-electron chi connectivity index (χ3n) is 5.32. The van der Waals surface area contributed by atoms with Crippen LogP contribution in [0.15, 0.2) is 76.7 Å². The first-order valence-electron chi connectivity index (χ1n) is 9.93. The van der Waals surface area contributed by atoms with Crippen LogP contribution in [-0.2, 0) is 10.0 Å². The molecule has 9 heteroatoms. The molecule has 0 spiro atoms. The predicted octanol–water partition coefficient (Wildman–Crippen LogP) is 4.91. The maximum Gasteiger partial charge on any atom is 0.337 e. The van der Waals surface area contributed by atoms with E-state index in [1.165, 1.54) is 18.3 Å². The summed E-state index contributed by atoms with van der Waals surface area (Å²) in [6, 6.07) is 18.9. The number of aromatic nitrogens is 1. The number of aromatic carboxylic acids is 1. The first-order valence-corrected chi connectivity index (χ1v) is 11.8. The number of carboxylic acid groups (broad SMARTS) is 1. The number of carboxylic acids is 1. The average molecular weight is 482 g/mol. The number of hydrazone groups is 1. The summed E-state index contributed by atoms with van der Waals surface area (Å²) in [6.07, 6.45) is 1.44. The van der Waals surface area contributed by atoms with Crippen molar-refractivity contribution in [2.24, 2.45) is 5.10 Å². The van der Waals surface area contributed by atoms with E-state index in [9.17, 15) is 18.3 Å². The van der Waals surface area contributed by atoms with E-state index in [1.54, 1.807) is 24.3 Å². The summed E-state index contributed by atoms with van der Waals surface area (Å²) < 4.78 is 27.2. The van der Waals surface area contributed by atoms with Gasteiger partial charge < -0.3 is 9.67 Å². The molecule has 4 rings (SSSR count). The molecule has 4 aromatic rings. The number of halogens is 1. The van der Waals surface area contributed by atoms with E-state index in [0.717, 1.165) is 22.2 Å². The number of hydrogen-bond donors (Lipinski definition) is 2. The van der Waals surface area contributed by atoms with E-state index in [1.807, 2.05) is 48.7 Å². The molecule has 3 aromatic carbocycles. The standard InChI is InChI=1S/C24H20ClN3O4S/c1-15-11-19(16(2)28(15)20-8-10-22(24(29)30)23(25)13-20)14-26-27-33(31,32)21-9-7-17-5-3-4-6-18(17)12-21/h3-14,27H,1-2H3,(H,29,30)/b26-14+. The third-order valence-corrected chi connectivity index (χ3v) is 6.85. The Morgan fingerprint density at radius 3 is 2.45 bits per heavy atom. The fourth-order valence-electron chi connectivity index (χ4n) is 3.68. The molecule has 0 unspecified atom stereocenters. The lowest BCUT2D eigenvalue weighted by atomic mass is 10.1. The molecule has 168 valence electrons. The molecule has 0 bridgehead atoms. The van der Waals surface area contributed by atoms with Crippen molar-refractivity contribution < 1.29 is 18.3 Å². The number of rotatable bonds is 6. The van der Waals surface area contributed by atoms with E-state index in [4.69, 9.17) is 11.6 Å². The minimum atomic E-state index is -3.84. The average Bonchev–Trinajstić information content (AvgIpc) is 3.05. The van der Waals surface area contributed by atoms with Gasteiger partial charge in [-0.3, -0.25) is 0 Å². The third kappa shape index (κ3) is 4.48. The molecule has 7 nitrogen and oxygen atoms in total. The molecule has 0 radical (unpaired) electrons. The van der Waals surface area contributed by atoms with Crippen molar-refractivity contribution in [3.63, 3.8) is 0 Å². The van der Waals surface area contributed by atoms with Crippen LogP contribution in [-0.4, -0.2) is 30.3 Å². The Hall–Kier alpha value is -3.62. The topological polar surface area (TPSA) is 101 Å². The maximum atomic E-state index is 12.7. The van der Waals surface area contributed by atoms with Crippen molar-refractivity contribution >= 4 is 44.6 Å². The van der Waals surface area contributed by atoms with Crippen LogP contribution in [0, 0.1) is 13.8 Å². The molecule has 1 heterocycles. The lowest BCUT2D eigenvalue weighted by molar-refractivity contribution is 0.0697. The number of nitrogens with one attached hydrogen (secondary N) is 1. The van der Waals surface area contributed by atoms with Crippen LogP contribution in [0.4, 0.5) is 0 Å². The number of sulfonamides is 1. The Kier molecular flexibility index (Phi) is 5.97. The van der Waals surface area contributed by atoms with Crippen LogP contribution < -0.4 is 4.83 Å². The van der Waals surface area contributed by atoms with Crippen molar-refractivity contribution in [3.05, 3.63) is 94.3 Å². The number of nitrogens with zero attached hydrogens (tertiary/aromatic N) is 2. The van der Waals surface area contributed by atoms with Crippen molar-refractivity contribution in [1.29, 1.82) is 0 Å². The Bertz CT molecular complexity index is 1520.